The molecule has 2 N–H and O–H groups in total. The number of benzene rings is 1. The summed E-state index contributed by atoms with van der Waals surface area (Å²) in [6.07, 6.45) is 1.05. The number of hydrogen-bond acceptors (Lipinski definition) is 2. The maximum Gasteiger partial charge on any atom is 0.166 e. The van der Waals surface area contributed by atoms with Crippen molar-refractivity contribution < 1.29 is 4.74 Å². The zero-order chi connectivity index (χ0) is 16.1. The molecule has 0 aliphatic carbocycles. The van der Waals surface area contributed by atoms with Crippen molar-refractivity contribution in [2.45, 2.75) is 53.1 Å². The Kier molecular flexibility index (Phi) is 6.02. The van der Waals surface area contributed by atoms with Gasteiger partial charge in [0.1, 0.15) is 5.75 Å². The van der Waals surface area contributed by atoms with E-state index in [2.05, 4.69) is 45.3 Å². The Balaban J connectivity index is 2.46. The highest BCUT2D eigenvalue weighted by atomic mass is 32.1. The molecular formula is C17H28N2OS. The molecule has 0 spiro atoms. The van der Waals surface area contributed by atoms with Gasteiger partial charge in [0.25, 0.3) is 0 Å². The maximum atomic E-state index is 5.39. The van der Waals surface area contributed by atoms with Gasteiger partial charge in [0, 0.05) is 12.1 Å². The molecule has 0 saturated heterocycles. The minimum atomic E-state index is -0.0256. The molecule has 0 radical (unpaired) electrons. The summed E-state index contributed by atoms with van der Waals surface area (Å²) < 4.78 is 5.15. The van der Waals surface area contributed by atoms with E-state index in [1.807, 2.05) is 24.3 Å². The van der Waals surface area contributed by atoms with E-state index in [-0.39, 0.29) is 11.0 Å². The predicted octanol–water partition coefficient (Wildman–Crippen LogP) is 3.87. The molecule has 0 aromatic heterocycles. The van der Waals surface area contributed by atoms with E-state index in [0.29, 0.717) is 11.7 Å². The van der Waals surface area contributed by atoms with Gasteiger partial charge in [0.05, 0.1) is 7.11 Å². The molecular weight excluding hydrogens is 280 g/mol. The van der Waals surface area contributed by atoms with E-state index in [0.717, 1.165) is 12.2 Å². The number of thiocarbonyl (C=S) groups is 1. The zero-order valence-corrected chi connectivity index (χ0v) is 14.9. The van der Waals surface area contributed by atoms with E-state index in [9.17, 15) is 0 Å². The van der Waals surface area contributed by atoms with Gasteiger partial charge in [-0.3, -0.25) is 0 Å². The van der Waals surface area contributed by atoms with Crippen molar-refractivity contribution in [3.8, 4) is 5.75 Å². The topological polar surface area (TPSA) is 33.3 Å². The lowest BCUT2D eigenvalue weighted by atomic mass is 9.82. The summed E-state index contributed by atoms with van der Waals surface area (Å²) in [5.74, 6) is 0.866. The summed E-state index contributed by atoms with van der Waals surface area (Å²) in [5, 5.41) is 7.35. The lowest BCUT2D eigenvalue weighted by Gasteiger charge is -2.34. The SMILES string of the molecule is COc1ccc(CNC(=S)NC(C)(C)CC(C)(C)C)cc1. The lowest BCUT2D eigenvalue weighted by Crippen LogP contribution is -2.49. The summed E-state index contributed by atoms with van der Waals surface area (Å²) in [5.41, 5.74) is 1.42. The first-order valence-electron chi connectivity index (χ1n) is 7.30. The van der Waals surface area contributed by atoms with Crippen LogP contribution in [0.25, 0.3) is 0 Å². The molecule has 118 valence electrons. The van der Waals surface area contributed by atoms with Crippen LogP contribution in [0.1, 0.15) is 46.6 Å². The summed E-state index contributed by atoms with van der Waals surface area (Å²) in [6, 6.07) is 7.98. The van der Waals surface area contributed by atoms with E-state index in [1.54, 1.807) is 7.11 Å². The summed E-state index contributed by atoms with van der Waals surface area (Å²) in [4.78, 5) is 0. The highest BCUT2D eigenvalue weighted by Crippen LogP contribution is 2.26. The van der Waals surface area contributed by atoms with Gasteiger partial charge in [0.2, 0.25) is 0 Å². The van der Waals surface area contributed by atoms with Gasteiger partial charge in [-0.15, -0.1) is 0 Å². The Hall–Kier alpha value is -1.29. The van der Waals surface area contributed by atoms with Crippen LogP contribution in [0.15, 0.2) is 24.3 Å². The first kappa shape index (κ1) is 17.8. The normalized spacial score (nSPS) is 11.9. The molecule has 0 amide bonds. The zero-order valence-electron chi connectivity index (χ0n) is 14.0. The fraction of sp³-hybridized carbons (Fsp3) is 0.588. The average Bonchev–Trinajstić information content (AvgIpc) is 2.33. The Morgan fingerprint density at radius 2 is 1.67 bits per heavy atom. The Bertz CT molecular complexity index is 461. The lowest BCUT2D eigenvalue weighted by molar-refractivity contribution is 0.266. The monoisotopic (exact) mass is 308 g/mol. The van der Waals surface area contributed by atoms with Crippen LogP contribution in [0.2, 0.25) is 0 Å². The van der Waals surface area contributed by atoms with Gasteiger partial charge >= 0.3 is 0 Å². The van der Waals surface area contributed by atoms with Crippen LogP contribution in [0, 0.1) is 5.41 Å². The third-order valence-corrected chi connectivity index (χ3v) is 3.28. The van der Waals surface area contributed by atoms with Gasteiger partial charge in [-0.05, 0) is 55.6 Å². The first-order chi connectivity index (χ1) is 9.61. The largest absolute Gasteiger partial charge is 0.497 e. The minimum Gasteiger partial charge on any atom is -0.497 e. The van der Waals surface area contributed by atoms with E-state index in [4.69, 9.17) is 17.0 Å². The smallest absolute Gasteiger partial charge is 0.166 e. The highest BCUT2D eigenvalue weighted by Gasteiger charge is 2.25. The Morgan fingerprint density at radius 1 is 1.10 bits per heavy atom. The molecule has 0 atom stereocenters. The molecule has 21 heavy (non-hydrogen) atoms. The second-order valence-corrected chi connectivity index (χ2v) is 7.69. The number of nitrogens with one attached hydrogen (secondary N) is 2. The van der Waals surface area contributed by atoms with Crippen molar-refractivity contribution in [3.05, 3.63) is 29.8 Å². The second-order valence-electron chi connectivity index (χ2n) is 7.28. The predicted molar refractivity (Wildman–Crippen MR) is 93.7 cm³/mol. The molecule has 0 aliphatic rings. The van der Waals surface area contributed by atoms with Crippen LogP contribution in [-0.4, -0.2) is 17.8 Å². The van der Waals surface area contributed by atoms with Crippen LogP contribution in [0.3, 0.4) is 0 Å². The van der Waals surface area contributed by atoms with E-state index >= 15 is 0 Å². The molecule has 1 rings (SSSR count). The third kappa shape index (κ3) is 7.32. The van der Waals surface area contributed by atoms with Crippen molar-refractivity contribution in [3.63, 3.8) is 0 Å². The van der Waals surface area contributed by atoms with Crippen LogP contribution in [0.5, 0.6) is 5.75 Å². The van der Waals surface area contributed by atoms with E-state index in [1.165, 1.54) is 5.56 Å². The fourth-order valence-corrected chi connectivity index (χ4v) is 3.00. The van der Waals surface area contributed by atoms with Crippen molar-refractivity contribution in [2.75, 3.05) is 7.11 Å². The van der Waals surface area contributed by atoms with Gasteiger partial charge in [0.15, 0.2) is 5.11 Å². The fourth-order valence-electron chi connectivity index (χ4n) is 2.65. The molecule has 0 unspecified atom stereocenters. The number of rotatable bonds is 5. The minimum absolute atomic E-state index is 0.0256. The van der Waals surface area contributed by atoms with Crippen LogP contribution in [-0.2, 0) is 6.54 Å². The third-order valence-electron chi connectivity index (χ3n) is 3.04. The van der Waals surface area contributed by atoms with Crippen molar-refractivity contribution >= 4 is 17.3 Å². The summed E-state index contributed by atoms with van der Waals surface area (Å²) in [6.45, 7) is 11.8. The summed E-state index contributed by atoms with van der Waals surface area (Å²) in [7, 11) is 1.67. The van der Waals surface area contributed by atoms with Gasteiger partial charge in [-0.2, -0.15) is 0 Å². The molecule has 0 aliphatic heterocycles. The Labute approximate surface area is 134 Å². The molecule has 0 fully saturated rings. The van der Waals surface area contributed by atoms with Crippen LogP contribution < -0.4 is 15.4 Å². The number of methoxy groups -OCH3 is 1. The van der Waals surface area contributed by atoms with Gasteiger partial charge in [-0.1, -0.05) is 32.9 Å². The molecule has 0 saturated carbocycles. The van der Waals surface area contributed by atoms with Crippen molar-refractivity contribution in [1.29, 1.82) is 0 Å². The standard InChI is InChI=1S/C17H28N2OS/c1-16(2,3)12-17(4,5)19-15(21)18-11-13-7-9-14(20-6)10-8-13/h7-10H,11-12H2,1-6H3,(H2,18,19,21). The maximum absolute atomic E-state index is 5.39. The molecule has 0 bridgehead atoms. The molecule has 1 aromatic carbocycles. The Morgan fingerprint density at radius 3 is 2.14 bits per heavy atom. The van der Waals surface area contributed by atoms with Crippen molar-refractivity contribution in [2.24, 2.45) is 5.41 Å². The van der Waals surface area contributed by atoms with Gasteiger partial charge in [-0.25, -0.2) is 0 Å². The molecule has 3 nitrogen and oxygen atoms in total. The van der Waals surface area contributed by atoms with Crippen LogP contribution in [0.4, 0.5) is 0 Å². The molecule has 1 aromatic rings. The number of ether oxygens (including phenoxy) is 1. The molecule has 4 heteroatoms. The quantitative estimate of drug-likeness (QED) is 0.809. The number of hydrogen-bond donors (Lipinski definition) is 2. The first-order valence-corrected chi connectivity index (χ1v) is 7.71. The highest BCUT2D eigenvalue weighted by molar-refractivity contribution is 7.80. The average molecular weight is 308 g/mol. The molecule has 0 heterocycles. The van der Waals surface area contributed by atoms with Crippen LogP contribution >= 0.6 is 12.2 Å². The second kappa shape index (κ2) is 7.12. The summed E-state index contributed by atoms with van der Waals surface area (Å²) >= 11 is 5.39. The van der Waals surface area contributed by atoms with E-state index < -0.39 is 0 Å². The van der Waals surface area contributed by atoms with Crippen molar-refractivity contribution in [1.82, 2.24) is 10.6 Å². The van der Waals surface area contributed by atoms with Gasteiger partial charge < -0.3 is 15.4 Å².